The first-order chi connectivity index (χ1) is 13.3. The van der Waals surface area contributed by atoms with Gasteiger partial charge in [-0.05, 0) is 48.0 Å². The summed E-state index contributed by atoms with van der Waals surface area (Å²) in [5.41, 5.74) is 6.50. The largest absolute Gasteiger partial charge is 0.344 e. The highest BCUT2D eigenvalue weighted by Crippen LogP contribution is 2.08. The number of carbonyl (C=O) groups is 2. The molecule has 0 aliphatic rings. The number of benzene rings is 2. The summed E-state index contributed by atoms with van der Waals surface area (Å²) >= 11 is 5.10. The molecule has 8 heteroatoms. The van der Waals surface area contributed by atoms with E-state index >= 15 is 0 Å². The van der Waals surface area contributed by atoms with E-state index in [1.165, 1.54) is 24.3 Å². The van der Waals surface area contributed by atoms with Crippen molar-refractivity contribution in [2.45, 2.75) is 26.3 Å². The number of amides is 2. The Bertz CT molecular complexity index is 813. The molecule has 0 aliphatic heterocycles. The van der Waals surface area contributed by atoms with Gasteiger partial charge in [0.1, 0.15) is 11.9 Å². The predicted molar refractivity (Wildman–Crippen MR) is 111 cm³/mol. The zero-order valence-electron chi connectivity index (χ0n) is 15.7. The molecule has 0 aliphatic carbocycles. The summed E-state index contributed by atoms with van der Waals surface area (Å²) in [6.45, 7) is 3.67. The lowest BCUT2D eigenvalue weighted by Gasteiger charge is -2.22. The molecule has 0 saturated heterocycles. The zero-order chi connectivity index (χ0) is 20.5. The molecule has 2 aromatic rings. The first-order valence-electron chi connectivity index (χ1n) is 8.81. The molecule has 0 spiro atoms. The zero-order valence-corrected chi connectivity index (χ0v) is 16.5. The summed E-state index contributed by atoms with van der Waals surface area (Å²) in [6, 6.07) is 14.2. The van der Waals surface area contributed by atoms with Crippen molar-refractivity contribution in [2.24, 2.45) is 5.92 Å². The maximum atomic E-state index is 12.9. The third kappa shape index (κ3) is 6.96. The maximum Gasteiger partial charge on any atom is 0.261 e. The van der Waals surface area contributed by atoms with Crippen LogP contribution in [0.5, 0.6) is 0 Å². The van der Waals surface area contributed by atoms with Gasteiger partial charge in [0.05, 0.1) is 6.42 Å². The lowest BCUT2D eigenvalue weighted by Crippen LogP contribution is -2.55. The van der Waals surface area contributed by atoms with Crippen LogP contribution in [-0.4, -0.2) is 23.0 Å². The number of hydrogen-bond acceptors (Lipinski definition) is 3. The smallest absolute Gasteiger partial charge is 0.261 e. The van der Waals surface area contributed by atoms with Crippen LogP contribution in [0.4, 0.5) is 10.1 Å². The fourth-order valence-corrected chi connectivity index (χ4v) is 2.60. The highest BCUT2D eigenvalue weighted by Gasteiger charge is 2.24. The molecule has 2 amide bonds. The Balaban J connectivity index is 1.85. The van der Waals surface area contributed by atoms with Gasteiger partial charge in [-0.1, -0.05) is 44.2 Å². The van der Waals surface area contributed by atoms with E-state index in [1.807, 2.05) is 44.2 Å². The van der Waals surface area contributed by atoms with Crippen LogP contribution in [0.1, 0.15) is 19.4 Å². The van der Waals surface area contributed by atoms with Gasteiger partial charge in [-0.25, -0.2) is 4.39 Å². The number of carbonyl (C=O) groups excluding carboxylic acids is 2. The number of rotatable bonds is 6. The van der Waals surface area contributed by atoms with Crippen LogP contribution in [0.2, 0.25) is 0 Å². The Morgan fingerprint density at radius 1 is 1.00 bits per heavy atom. The van der Waals surface area contributed by atoms with Gasteiger partial charge < -0.3 is 10.6 Å². The number of hydrogen-bond donors (Lipinski definition) is 4. The van der Waals surface area contributed by atoms with Gasteiger partial charge >= 0.3 is 0 Å². The van der Waals surface area contributed by atoms with Gasteiger partial charge in [0.2, 0.25) is 5.91 Å². The Morgan fingerprint density at radius 2 is 1.64 bits per heavy atom. The van der Waals surface area contributed by atoms with Crippen LogP contribution in [0.25, 0.3) is 0 Å². The van der Waals surface area contributed by atoms with Crippen molar-refractivity contribution in [2.75, 3.05) is 5.32 Å². The molecule has 0 saturated carbocycles. The fraction of sp³-hybridized carbons (Fsp3) is 0.250. The van der Waals surface area contributed by atoms with Crippen LogP contribution in [0, 0.1) is 11.7 Å². The fourth-order valence-electron chi connectivity index (χ4n) is 2.43. The molecule has 0 fully saturated rings. The lowest BCUT2D eigenvalue weighted by atomic mass is 10.0. The number of anilines is 1. The molecule has 0 unspecified atom stereocenters. The summed E-state index contributed by atoms with van der Waals surface area (Å²) in [4.78, 5) is 24.7. The molecule has 0 radical (unpaired) electrons. The van der Waals surface area contributed by atoms with Crippen molar-refractivity contribution in [3.8, 4) is 0 Å². The van der Waals surface area contributed by atoms with Gasteiger partial charge in [0.15, 0.2) is 5.11 Å². The topological polar surface area (TPSA) is 82.3 Å². The van der Waals surface area contributed by atoms with Crippen LogP contribution >= 0.6 is 12.2 Å². The molecule has 2 rings (SSSR count). The minimum atomic E-state index is -0.725. The van der Waals surface area contributed by atoms with Gasteiger partial charge in [-0.15, -0.1) is 0 Å². The van der Waals surface area contributed by atoms with Crippen molar-refractivity contribution in [3.05, 3.63) is 66.0 Å². The molecule has 0 bridgehead atoms. The molecule has 4 N–H and O–H groups in total. The van der Waals surface area contributed by atoms with E-state index in [0.29, 0.717) is 5.69 Å². The Kier molecular flexibility index (Phi) is 7.88. The molecular weight excluding hydrogens is 379 g/mol. The predicted octanol–water partition coefficient (Wildman–Crippen LogP) is 2.53. The third-order valence-corrected chi connectivity index (χ3v) is 4.08. The quantitative estimate of drug-likeness (QED) is 0.441. The Labute approximate surface area is 168 Å². The minimum absolute atomic E-state index is 0.125. The molecule has 2 aromatic carbocycles. The minimum Gasteiger partial charge on any atom is -0.344 e. The summed E-state index contributed by atoms with van der Waals surface area (Å²) in [5, 5.41) is 5.70. The lowest BCUT2D eigenvalue weighted by molar-refractivity contribution is -0.130. The van der Waals surface area contributed by atoms with E-state index < -0.39 is 11.9 Å². The second kappa shape index (κ2) is 10.4. The standard InChI is InChI=1S/C20H23FN4O2S/c1-13(2)18(23-17(26)12-14-6-4-3-5-7-14)19(27)24-25-20(28)22-16-10-8-15(21)9-11-16/h3-11,13,18H,12H2,1-2H3,(H,23,26)(H,24,27)(H2,22,25,28)/t18-/m0/s1. The van der Waals surface area contributed by atoms with Crippen LogP contribution in [0.3, 0.4) is 0 Å². The number of halogens is 1. The Hall–Kier alpha value is -3.00. The van der Waals surface area contributed by atoms with E-state index in [1.54, 1.807) is 0 Å². The number of thiocarbonyl (C=S) groups is 1. The molecule has 1 atom stereocenters. The number of hydrazine groups is 1. The summed E-state index contributed by atoms with van der Waals surface area (Å²) < 4.78 is 12.9. The van der Waals surface area contributed by atoms with Crippen molar-refractivity contribution < 1.29 is 14.0 Å². The first-order valence-corrected chi connectivity index (χ1v) is 9.21. The van der Waals surface area contributed by atoms with E-state index in [0.717, 1.165) is 5.56 Å². The molecule has 28 heavy (non-hydrogen) atoms. The van der Waals surface area contributed by atoms with Crippen molar-refractivity contribution in [3.63, 3.8) is 0 Å². The third-order valence-electron chi connectivity index (χ3n) is 3.87. The van der Waals surface area contributed by atoms with Crippen molar-refractivity contribution >= 4 is 34.8 Å². The second-order valence-corrected chi connectivity index (χ2v) is 6.94. The van der Waals surface area contributed by atoms with Crippen molar-refractivity contribution in [1.29, 1.82) is 0 Å². The Morgan fingerprint density at radius 3 is 2.25 bits per heavy atom. The second-order valence-electron chi connectivity index (χ2n) is 6.53. The summed E-state index contributed by atoms with van der Waals surface area (Å²) in [5.74, 6) is -1.14. The van der Waals surface area contributed by atoms with E-state index in [4.69, 9.17) is 12.2 Å². The molecule has 0 aromatic heterocycles. The SMILES string of the molecule is CC(C)[C@H](NC(=O)Cc1ccccc1)C(=O)NNC(=S)Nc1ccc(F)cc1. The van der Waals surface area contributed by atoms with Gasteiger partial charge in [0.25, 0.3) is 5.91 Å². The highest BCUT2D eigenvalue weighted by molar-refractivity contribution is 7.80. The van der Waals surface area contributed by atoms with Gasteiger partial charge in [-0.3, -0.25) is 20.4 Å². The average molecular weight is 402 g/mol. The van der Waals surface area contributed by atoms with Crippen LogP contribution in [-0.2, 0) is 16.0 Å². The van der Waals surface area contributed by atoms with E-state index in [9.17, 15) is 14.0 Å². The van der Waals surface area contributed by atoms with Crippen molar-refractivity contribution in [1.82, 2.24) is 16.2 Å². The monoisotopic (exact) mass is 402 g/mol. The highest BCUT2D eigenvalue weighted by atomic mass is 32.1. The van der Waals surface area contributed by atoms with Crippen LogP contribution < -0.4 is 21.5 Å². The number of nitrogens with one attached hydrogen (secondary N) is 4. The van der Waals surface area contributed by atoms with Gasteiger partial charge in [-0.2, -0.15) is 0 Å². The maximum absolute atomic E-state index is 12.9. The van der Waals surface area contributed by atoms with E-state index in [2.05, 4.69) is 21.5 Å². The molecule has 0 heterocycles. The average Bonchev–Trinajstić information content (AvgIpc) is 2.66. The molecular formula is C20H23FN4O2S. The summed E-state index contributed by atoms with van der Waals surface area (Å²) in [7, 11) is 0. The first kappa shape index (κ1) is 21.3. The van der Waals surface area contributed by atoms with E-state index in [-0.39, 0.29) is 29.2 Å². The summed E-state index contributed by atoms with van der Waals surface area (Å²) in [6.07, 6.45) is 0.190. The molecule has 6 nitrogen and oxygen atoms in total. The molecule has 148 valence electrons. The normalized spacial score (nSPS) is 11.4. The van der Waals surface area contributed by atoms with Crippen LogP contribution in [0.15, 0.2) is 54.6 Å². The van der Waals surface area contributed by atoms with Gasteiger partial charge in [0, 0.05) is 5.69 Å².